The van der Waals surface area contributed by atoms with Gasteiger partial charge in [-0.2, -0.15) is 0 Å². The number of benzene rings is 2. The molecule has 0 bridgehead atoms. The van der Waals surface area contributed by atoms with E-state index in [0.29, 0.717) is 16.7 Å². The van der Waals surface area contributed by atoms with Crippen molar-refractivity contribution in [2.24, 2.45) is 17.6 Å². The maximum Gasteiger partial charge on any atom is 0.255 e. The molecule has 237 valence electrons. The van der Waals surface area contributed by atoms with Gasteiger partial charge in [0, 0.05) is 56.2 Å². The maximum absolute atomic E-state index is 14.1. The predicted octanol–water partition coefficient (Wildman–Crippen LogP) is 0.359. The minimum absolute atomic E-state index is 0.0829. The number of phenols is 1. The highest BCUT2D eigenvalue weighted by Gasteiger charge is 2.67. The Morgan fingerprint density at radius 2 is 1.76 bits per heavy atom. The molecular weight excluding hydrogens is 580 g/mol. The molecule has 2 aromatic carbocycles. The number of likely N-dealkylation sites (N-methyl/N-ethyl adjacent to an activating group) is 2. The van der Waals surface area contributed by atoms with E-state index in [0.717, 1.165) is 38.3 Å². The zero-order chi connectivity index (χ0) is 32.5. The molecule has 12 heteroatoms. The van der Waals surface area contributed by atoms with Crippen LogP contribution >= 0.6 is 0 Å². The zero-order valence-electron chi connectivity index (χ0n) is 25.3. The third-order valence-corrected chi connectivity index (χ3v) is 9.70. The van der Waals surface area contributed by atoms with Crippen LogP contribution in [0.3, 0.4) is 0 Å². The van der Waals surface area contributed by atoms with Crippen molar-refractivity contribution in [1.29, 1.82) is 0 Å². The molecule has 1 aliphatic heterocycles. The fraction of sp³-hybridized carbons (Fsp3) is 0.394. The molecule has 2 fully saturated rings. The summed E-state index contributed by atoms with van der Waals surface area (Å²) in [4.78, 5) is 45.5. The van der Waals surface area contributed by atoms with Crippen molar-refractivity contribution < 1.29 is 39.9 Å². The number of aliphatic hydroxyl groups excluding tert-OH is 3. The van der Waals surface area contributed by atoms with Crippen molar-refractivity contribution in [1.82, 2.24) is 14.7 Å². The quantitative estimate of drug-likeness (QED) is 0.254. The van der Waals surface area contributed by atoms with Gasteiger partial charge in [-0.15, -0.1) is 0 Å². The summed E-state index contributed by atoms with van der Waals surface area (Å²) in [6.07, 6.45) is -0.180. The van der Waals surface area contributed by atoms with Crippen molar-refractivity contribution in [2.75, 3.05) is 47.3 Å². The number of nitrogens with two attached hydrogens (primary N) is 1. The van der Waals surface area contributed by atoms with Gasteiger partial charge >= 0.3 is 0 Å². The highest BCUT2D eigenvalue weighted by molar-refractivity contribution is 6.24. The molecule has 1 heterocycles. The molecule has 5 atom stereocenters. The van der Waals surface area contributed by atoms with Crippen LogP contribution in [0, 0.1) is 18.3 Å². The molecule has 6 rings (SSSR count). The molecule has 0 aromatic heterocycles. The second-order valence-corrected chi connectivity index (χ2v) is 12.6. The number of carbonyl (C=O) groups is 3. The smallest absolute Gasteiger partial charge is 0.255 e. The molecule has 0 unspecified atom stereocenters. The lowest BCUT2D eigenvalue weighted by Gasteiger charge is -2.52. The molecule has 4 aliphatic rings. The zero-order valence-corrected chi connectivity index (χ0v) is 25.3. The Hall–Kier alpha value is -4.07. The number of ketones is 2. The third kappa shape index (κ3) is 4.67. The monoisotopic (exact) mass is 617 g/mol. The predicted molar refractivity (Wildman–Crippen MR) is 164 cm³/mol. The largest absolute Gasteiger partial charge is 0.508 e. The number of aliphatic hydroxyl groups is 4. The number of rotatable bonds is 5. The van der Waals surface area contributed by atoms with Gasteiger partial charge in [0.1, 0.15) is 22.8 Å². The van der Waals surface area contributed by atoms with Crippen LogP contribution in [0.4, 0.5) is 0 Å². The summed E-state index contributed by atoms with van der Waals surface area (Å²) in [6.45, 7) is 4.55. The summed E-state index contributed by atoms with van der Waals surface area (Å²) < 4.78 is 0. The number of carbonyl (C=O) groups excluding carboxylic acids is 3. The van der Waals surface area contributed by atoms with E-state index in [4.69, 9.17) is 5.73 Å². The maximum atomic E-state index is 14.1. The Morgan fingerprint density at radius 1 is 1.07 bits per heavy atom. The Labute approximate surface area is 260 Å². The average Bonchev–Trinajstić information content (AvgIpc) is 2.98. The van der Waals surface area contributed by atoms with Gasteiger partial charge in [-0.05, 0) is 43.9 Å². The molecule has 1 amide bonds. The first-order valence-corrected chi connectivity index (χ1v) is 14.8. The molecule has 45 heavy (non-hydrogen) atoms. The number of fused-ring (bicyclic) bond motifs is 3. The van der Waals surface area contributed by atoms with Crippen LogP contribution in [0.2, 0.25) is 0 Å². The fourth-order valence-corrected chi connectivity index (χ4v) is 7.35. The molecular formula is C33H37N4O8. The molecule has 1 saturated carbocycles. The summed E-state index contributed by atoms with van der Waals surface area (Å²) in [5, 5.41) is 57.5. The summed E-state index contributed by atoms with van der Waals surface area (Å²) >= 11 is 0. The number of piperazine rings is 1. The van der Waals surface area contributed by atoms with E-state index in [9.17, 15) is 39.9 Å². The van der Waals surface area contributed by atoms with E-state index in [1.807, 2.05) is 24.3 Å². The molecule has 3 aliphatic carbocycles. The number of phenolic OH excluding ortho intramolecular Hbond substituents is 1. The molecule has 1 radical (unpaired) electrons. The number of aromatic hydroxyl groups is 1. The minimum Gasteiger partial charge on any atom is -0.508 e. The highest BCUT2D eigenvalue weighted by atomic mass is 16.4. The fourth-order valence-electron chi connectivity index (χ4n) is 7.35. The van der Waals surface area contributed by atoms with Crippen LogP contribution in [0.25, 0.3) is 16.9 Å². The number of hydrogen-bond acceptors (Lipinski definition) is 11. The first-order chi connectivity index (χ1) is 21.3. The summed E-state index contributed by atoms with van der Waals surface area (Å²) in [7, 11) is 5.02. The van der Waals surface area contributed by atoms with Crippen molar-refractivity contribution in [3.63, 3.8) is 0 Å². The average molecular weight is 618 g/mol. The lowest BCUT2D eigenvalue weighted by atomic mass is 9.56. The van der Waals surface area contributed by atoms with Crippen molar-refractivity contribution in [2.45, 2.75) is 24.3 Å². The second-order valence-electron chi connectivity index (χ2n) is 12.6. The van der Waals surface area contributed by atoms with Crippen LogP contribution in [-0.4, -0.2) is 123 Å². The Morgan fingerprint density at radius 3 is 2.40 bits per heavy atom. The van der Waals surface area contributed by atoms with Gasteiger partial charge in [0.25, 0.3) is 5.91 Å². The normalized spacial score (nSPS) is 29.1. The molecule has 12 nitrogen and oxygen atoms in total. The van der Waals surface area contributed by atoms with E-state index in [2.05, 4.69) is 16.8 Å². The van der Waals surface area contributed by atoms with Crippen molar-refractivity contribution in [3.8, 4) is 16.9 Å². The van der Waals surface area contributed by atoms with Crippen LogP contribution < -0.4 is 5.73 Å². The number of hydrogen-bond donors (Lipinski definition) is 6. The van der Waals surface area contributed by atoms with E-state index in [-0.39, 0.29) is 11.3 Å². The van der Waals surface area contributed by atoms with E-state index in [1.54, 1.807) is 12.1 Å². The van der Waals surface area contributed by atoms with Gasteiger partial charge in [-0.3, -0.25) is 24.2 Å². The number of Topliss-reactive ketones (excluding diaryl/α,β-unsaturated/α-hetero) is 2. The summed E-state index contributed by atoms with van der Waals surface area (Å²) in [6, 6.07) is 9.60. The second kappa shape index (κ2) is 11.1. The van der Waals surface area contributed by atoms with Gasteiger partial charge in [0.05, 0.1) is 23.6 Å². The van der Waals surface area contributed by atoms with Gasteiger partial charge in [0.2, 0.25) is 5.78 Å². The molecule has 0 spiro atoms. The lowest BCUT2D eigenvalue weighted by Crippen LogP contribution is -2.70. The van der Waals surface area contributed by atoms with E-state index >= 15 is 0 Å². The standard InChI is InChI=1S/C33H37N4O8/c1-35(2)25-24-27(39)20-14-18-7-8-19(17-6-4-5-16(13-17)15-37-11-9-36(3)10-12-37)26(38)21(18)28(40)22(20)30(42)33(24,45)31(43)23(29(25)41)32(34)44/h4-8,13-14,20,24-25,27,38-40,43,45H,9-12,15H2,1-3H3,(H2,34,44)/t20-,24-,25+,27+,33+/m1/s1. The third-order valence-electron chi connectivity index (χ3n) is 9.70. The molecule has 2 aromatic rings. The van der Waals surface area contributed by atoms with Gasteiger partial charge in [-0.25, -0.2) is 0 Å². The van der Waals surface area contributed by atoms with Crippen LogP contribution in [0.1, 0.15) is 16.7 Å². The Bertz CT molecular complexity index is 1670. The van der Waals surface area contributed by atoms with Crippen LogP contribution in [0.5, 0.6) is 5.75 Å². The van der Waals surface area contributed by atoms with Crippen molar-refractivity contribution in [3.05, 3.63) is 76.4 Å². The van der Waals surface area contributed by atoms with Gasteiger partial charge < -0.3 is 36.2 Å². The van der Waals surface area contributed by atoms with Crippen molar-refractivity contribution >= 4 is 23.2 Å². The summed E-state index contributed by atoms with van der Waals surface area (Å²) in [5.41, 5.74) is 3.35. The summed E-state index contributed by atoms with van der Waals surface area (Å²) in [5.74, 6) is -8.59. The number of nitrogens with zero attached hydrogens (tertiary/aromatic N) is 3. The Kier molecular flexibility index (Phi) is 7.61. The SMILES string of the molecule is CN1CCN(Cc2cccc(-c3ccc4c(c3O)C(O)=C3C(=O)[C@]5(O)C(O)=C(C(N)=O)C(=O)[C@@H](N(C)C)[C@@H]5[C@@H](O)[C@@H]3[CH]4)c2)CC1. The number of primary amides is 1. The van der Waals surface area contributed by atoms with E-state index < -0.39 is 69.7 Å². The van der Waals surface area contributed by atoms with E-state index in [1.165, 1.54) is 25.4 Å². The topological polar surface area (TPSA) is 188 Å². The Balaban J connectivity index is 1.43. The lowest BCUT2D eigenvalue weighted by molar-refractivity contribution is -0.167. The number of amides is 1. The van der Waals surface area contributed by atoms with Gasteiger partial charge in [0.15, 0.2) is 11.4 Å². The van der Waals surface area contributed by atoms with Gasteiger partial charge in [-0.1, -0.05) is 30.3 Å². The van der Waals surface area contributed by atoms with Crippen LogP contribution in [-0.2, 0) is 20.9 Å². The first-order valence-electron chi connectivity index (χ1n) is 14.8. The first kappa shape index (κ1) is 30.9. The molecule has 1 saturated heterocycles. The minimum atomic E-state index is -2.96. The molecule has 7 N–H and O–H groups in total. The van der Waals surface area contributed by atoms with Crippen LogP contribution in [0.15, 0.2) is 53.3 Å². The highest BCUT2D eigenvalue weighted by Crippen LogP contribution is 2.54.